The molecule has 22 heavy (non-hydrogen) atoms. The van der Waals surface area contributed by atoms with E-state index in [-0.39, 0.29) is 0 Å². The Morgan fingerprint density at radius 2 is 2.09 bits per heavy atom. The maximum Gasteiger partial charge on any atom is 0.194 e. The van der Waals surface area contributed by atoms with E-state index < -0.39 is 0 Å². The van der Waals surface area contributed by atoms with Gasteiger partial charge in [-0.25, -0.2) is 0 Å². The van der Waals surface area contributed by atoms with Gasteiger partial charge in [0.05, 0.1) is 13.1 Å². The molecule has 1 N–H and O–H groups in total. The number of rotatable bonds is 6. The summed E-state index contributed by atoms with van der Waals surface area (Å²) in [4.78, 5) is 6.82. The molecule has 0 saturated carbocycles. The number of benzene rings is 1. The highest BCUT2D eigenvalue weighted by Gasteiger charge is 2.06. The lowest BCUT2D eigenvalue weighted by Crippen LogP contribution is -2.38. The highest BCUT2D eigenvalue weighted by Crippen LogP contribution is 2.06. The molecular formula is C17H25N5. The smallest absolute Gasteiger partial charge is 0.194 e. The van der Waals surface area contributed by atoms with Crippen LogP contribution in [0.5, 0.6) is 0 Å². The van der Waals surface area contributed by atoms with Crippen LogP contribution in [0.25, 0.3) is 0 Å². The number of nitrogens with one attached hydrogen (secondary N) is 1. The summed E-state index contributed by atoms with van der Waals surface area (Å²) in [6.45, 7) is 7.40. The first kappa shape index (κ1) is 16.1. The van der Waals surface area contributed by atoms with Crippen LogP contribution in [0.4, 0.5) is 0 Å². The molecule has 0 fully saturated rings. The van der Waals surface area contributed by atoms with Gasteiger partial charge in [-0.05, 0) is 25.5 Å². The van der Waals surface area contributed by atoms with E-state index in [1.165, 1.54) is 11.1 Å². The van der Waals surface area contributed by atoms with Crippen LogP contribution in [-0.4, -0.2) is 40.8 Å². The van der Waals surface area contributed by atoms with Crippen LogP contribution in [0.3, 0.4) is 0 Å². The van der Waals surface area contributed by atoms with Crippen LogP contribution in [0.1, 0.15) is 18.1 Å². The van der Waals surface area contributed by atoms with Crippen LogP contribution >= 0.6 is 0 Å². The molecule has 1 aromatic carbocycles. The molecular weight excluding hydrogens is 274 g/mol. The summed E-state index contributed by atoms with van der Waals surface area (Å²) in [6, 6.07) is 10.5. The summed E-state index contributed by atoms with van der Waals surface area (Å²) < 4.78 is 1.90. The van der Waals surface area contributed by atoms with Crippen LogP contribution in [-0.2, 0) is 13.1 Å². The van der Waals surface area contributed by atoms with E-state index in [9.17, 15) is 0 Å². The van der Waals surface area contributed by atoms with E-state index >= 15 is 0 Å². The molecule has 0 spiro atoms. The monoisotopic (exact) mass is 299 g/mol. The number of guanidine groups is 1. The highest BCUT2D eigenvalue weighted by molar-refractivity contribution is 5.79. The summed E-state index contributed by atoms with van der Waals surface area (Å²) >= 11 is 0. The molecule has 1 heterocycles. The maximum atomic E-state index is 4.67. The SMILES string of the molecule is CCNC(=NCCn1cccn1)N(C)Cc1ccc(C)cc1. The lowest BCUT2D eigenvalue weighted by molar-refractivity contribution is 0.474. The van der Waals surface area contributed by atoms with Crippen molar-refractivity contribution in [2.75, 3.05) is 20.1 Å². The van der Waals surface area contributed by atoms with Crippen molar-refractivity contribution in [3.63, 3.8) is 0 Å². The number of hydrogen-bond donors (Lipinski definition) is 1. The molecule has 118 valence electrons. The average molecular weight is 299 g/mol. The van der Waals surface area contributed by atoms with E-state index in [1.54, 1.807) is 6.20 Å². The fraction of sp³-hybridized carbons (Fsp3) is 0.412. The number of aromatic nitrogens is 2. The molecule has 0 bridgehead atoms. The molecule has 1 aromatic heterocycles. The maximum absolute atomic E-state index is 4.67. The molecule has 0 atom stereocenters. The van der Waals surface area contributed by atoms with E-state index in [4.69, 9.17) is 0 Å². The van der Waals surface area contributed by atoms with Crippen molar-refractivity contribution in [1.29, 1.82) is 0 Å². The summed E-state index contributed by atoms with van der Waals surface area (Å²) in [7, 11) is 2.06. The van der Waals surface area contributed by atoms with Gasteiger partial charge < -0.3 is 10.2 Å². The van der Waals surface area contributed by atoms with Crippen molar-refractivity contribution in [1.82, 2.24) is 20.0 Å². The van der Waals surface area contributed by atoms with Gasteiger partial charge in [-0.2, -0.15) is 5.10 Å². The molecule has 5 nitrogen and oxygen atoms in total. The van der Waals surface area contributed by atoms with Crippen LogP contribution < -0.4 is 5.32 Å². The van der Waals surface area contributed by atoms with E-state index in [0.29, 0.717) is 6.54 Å². The molecule has 0 amide bonds. The Balaban J connectivity index is 1.94. The molecule has 5 heteroatoms. The third-order valence-electron chi connectivity index (χ3n) is 3.39. The number of nitrogens with zero attached hydrogens (tertiary/aromatic N) is 4. The van der Waals surface area contributed by atoms with Crippen molar-refractivity contribution in [2.45, 2.75) is 26.9 Å². The van der Waals surface area contributed by atoms with E-state index in [0.717, 1.165) is 25.6 Å². The minimum absolute atomic E-state index is 0.711. The first-order valence-corrected chi connectivity index (χ1v) is 7.71. The number of hydrogen-bond acceptors (Lipinski definition) is 2. The van der Waals surface area contributed by atoms with Gasteiger partial charge in [-0.3, -0.25) is 9.67 Å². The van der Waals surface area contributed by atoms with Gasteiger partial charge in [0.15, 0.2) is 5.96 Å². The molecule has 2 aromatic rings. The van der Waals surface area contributed by atoms with Crippen molar-refractivity contribution < 1.29 is 0 Å². The van der Waals surface area contributed by atoms with Crippen molar-refractivity contribution in [2.24, 2.45) is 4.99 Å². The third kappa shape index (κ3) is 4.91. The Hall–Kier alpha value is -2.30. The third-order valence-corrected chi connectivity index (χ3v) is 3.39. The van der Waals surface area contributed by atoms with Crippen molar-refractivity contribution in [3.8, 4) is 0 Å². The standard InChI is InChI=1S/C17H25N5/c1-4-18-17(19-11-13-22-12-5-10-20-22)21(3)14-16-8-6-15(2)7-9-16/h5-10,12H,4,11,13-14H2,1-3H3,(H,18,19). The van der Waals surface area contributed by atoms with Gasteiger partial charge in [0.2, 0.25) is 0 Å². The quantitative estimate of drug-likeness (QED) is 0.657. The van der Waals surface area contributed by atoms with Crippen molar-refractivity contribution in [3.05, 3.63) is 53.9 Å². The van der Waals surface area contributed by atoms with Gasteiger partial charge in [0.1, 0.15) is 0 Å². The lowest BCUT2D eigenvalue weighted by Gasteiger charge is -2.22. The van der Waals surface area contributed by atoms with Gasteiger partial charge >= 0.3 is 0 Å². The van der Waals surface area contributed by atoms with Gasteiger partial charge in [0.25, 0.3) is 0 Å². The zero-order valence-corrected chi connectivity index (χ0v) is 13.7. The summed E-state index contributed by atoms with van der Waals surface area (Å²) in [5.74, 6) is 0.926. The molecule has 0 unspecified atom stereocenters. The zero-order chi connectivity index (χ0) is 15.8. The molecule has 0 radical (unpaired) electrons. The first-order valence-electron chi connectivity index (χ1n) is 7.71. The Morgan fingerprint density at radius 1 is 1.32 bits per heavy atom. The van der Waals surface area contributed by atoms with Crippen LogP contribution in [0, 0.1) is 6.92 Å². The second kappa shape index (κ2) is 8.22. The van der Waals surface area contributed by atoms with Crippen LogP contribution in [0.15, 0.2) is 47.7 Å². The van der Waals surface area contributed by atoms with Crippen LogP contribution in [0.2, 0.25) is 0 Å². The predicted molar refractivity (Wildman–Crippen MR) is 90.9 cm³/mol. The second-order valence-corrected chi connectivity index (χ2v) is 5.35. The molecule has 0 aliphatic heterocycles. The first-order chi connectivity index (χ1) is 10.7. The average Bonchev–Trinajstić information content (AvgIpc) is 3.02. The summed E-state index contributed by atoms with van der Waals surface area (Å²) in [5, 5.41) is 7.53. The van der Waals surface area contributed by atoms with E-state index in [2.05, 4.69) is 65.5 Å². The normalized spacial score (nSPS) is 11.5. The Kier molecular flexibility index (Phi) is 6.01. The summed E-state index contributed by atoms with van der Waals surface area (Å²) in [6.07, 6.45) is 3.75. The number of aliphatic imine (C=N–C) groups is 1. The Morgan fingerprint density at radius 3 is 2.73 bits per heavy atom. The predicted octanol–water partition coefficient (Wildman–Crippen LogP) is 2.29. The molecule has 0 aliphatic carbocycles. The minimum Gasteiger partial charge on any atom is -0.357 e. The topological polar surface area (TPSA) is 45.5 Å². The molecule has 2 rings (SSSR count). The summed E-state index contributed by atoms with van der Waals surface area (Å²) in [5.41, 5.74) is 2.57. The van der Waals surface area contributed by atoms with Crippen molar-refractivity contribution >= 4 is 5.96 Å². The highest BCUT2D eigenvalue weighted by atomic mass is 15.3. The van der Waals surface area contributed by atoms with Gasteiger partial charge in [-0.1, -0.05) is 29.8 Å². The molecule has 0 saturated heterocycles. The molecule has 0 aliphatic rings. The fourth-order valence-corrected chi connectivity index (χ4v) is 2.20. The lowest BCUT2D eigenvalue weighted by atomic mass is 10.1. The minimum atomic E-state index is 0.711. The van der Waals surface area contributed by atoms with Gasteiger partial charge in [0, 0.05) is 32.5 Å². The van der Waals surface area contributed by atoms with Gasteiger partial charge in [-0.15, -0.1) is 0 Å². The number of aryl methyl sites for hydroxylation is 1. The fourth-order valence-electron chi connectivity index (χ4n) is 2.20. The Labute approximate surface area is 132 Å². The van der Waals surface area contributed by atoms with E-state index in [1.807, 2.05) is 16.9 Å². The largest absolute Gasteiger partial charge is 0.357 e. The zero-order valence-electron chi connectivity index (χ0n) is 13.7. The second-order valence-electron chi connectivity index (χ2n) is 5.35. The Bertz CT molecular complexity index is 572.